The summed E-state index contributed by atoms with van der Waals surface area (Å²) in [5.74, 6) is 3.08. The van der Waals surface area contributed by atoms with Gasteiger partial charge in [0.2, 0.25) is 0 Å². The van der Waals surface area contributed by atoms with Crippen molar-refractivity contribution in [1.29, 1.82) is 0 Å². The van der Waals surface area contributed by atoms with Gasteiger partial charge in [-0.25, -0.2) is 15.0 Å². The summed E-state index contributed by atoms with van der Waals surface area (Å²) >= 11 is 0. The number of aryl methyl sites for hydroxylation is 2. The van der Waals surface area contributed by atoms with Crippen LogP contribution in [0.1, 0.15) is 11.3 Å². The van der Waals surface area contributed by atoms with Crippen molar-refractivity contribution < 1.29 is 4.74 Å². The zero-order valence-electron chi connectivity index (χ0n) is 16.8. The number of hydrogen-bond donors (Lipinski definition) is 1. The minimum Gasteiger partial charge on any atom is -0.455 e. The summed E-state index contributed by atoms with van der Waals surface area (Å²) in [7, 11) is 3.91. The third-order valence-corrected chi connectivity index (χ3v) is 4.52. The lowest BCUT2D eigenvalue weighted by molar-refractivity contribution is 0.476. The average Bonchev–Trinajstić information content (AvgIpc) is 2.71. The van der Waals surface area contributed by atoms with Gasteiger partial charge >= 0.3 is 0 Å². The molecule has 7 heteroatoms. The highest BCUT2D eigenvalue weighted by Crippen LogP contribution is 2.30. The Morgan fingerprint density at radius 1 is 0.897 bits per heavy atom. The van der Waals surface area contributed by atoms with Gasteiger partial charge in [-0.15, -0.1) is 0 Å². The van der Waals surface area contributed by atoms with E-state index in [1.807, 2.05) is 69.2 Å². The fourth-order valence-corrected chi connectivity index (χ4v) is 2.91. The van der Waals surface area contributed by atoms with Gasteiger partial charge in [0.05, 0.1) is 17.9 Å². The molecule has 7 nitrogen and oxygen atoms in total. The van der Waals surface area contributed by atoms with E-state index in [0.717, 1.165) is 45.2 Å². The first-order valence-corrected chi connectivity index (χ1v) is 9.26. The third kappa shape index (κ3) is 4.08. The monoisotopic (exact) mass is 386 g/mol. The quantitative estimate of drug-likeness (QED) is 0.535. The molecule has 0 amide bonds. The predicted octanol–water partition coefficient (Wildman–Crippen LogP) is 4.64. The molecule has 1 aromatic carbocycles. The van der Waals surface area contributed by atoms with Crippen LogP contribution in [0, 0.1) is 13.8 Å². The lowest BCUT2D eigenvalue weighted by Crippen LogP contribution is -2.10. The van der Waals surface area contributed by atoms with E-state index in [-0.39, 0.29) is 0 Å². The van der Waals surface area contributed by atoms with Crippen LogP contribution < -0.4 is 15.0 Å². The van der Waals surface area contributed by atoms with Crippen molar-refractivity contribution in [3.8, 4) is 11.5 Å². The van der Waals surface area contributed by atoms with E-state index in [4.69, 9.17) is 4.74 Å². The largest absolute Gasteiger partial charge is 0.455 e. The lowest BCUT2D eigenvalue weighted by Gasteiger charge is -2.14. The van der Waals surface area contributed by atoms with Crippen LogP contribution in [0.5, 0.6) is 11.5 Å². The second kappa shape index (κ2) is 7.71. The van der Waals surface area contributed by atoms with Gasteiger partial charge in [0.15, 0.2) is 0 Å². The number of benzene rings is 1. The molecular formula is C22H22N6O. The van der Waals surface area contributed by atoms with Crippen molar-refractivity contribution in [2.75, 3.05) is 24.3 Å². The van der Waals surface area contributed by atoms with Crippen LogP contribution >= 0.6 is 0 Å². The molecule has 0 fully saturated rings. The van der Waals surface area contributed by atoms with E-state index in [9.17, 15) is 0 Å². The Hall–Kier alpha value is -3.74. The maximum Gasteiger partial charge on any atom is 0.145 e. The Labute approximate surface area is 169 Å². The van der Waals surface area contributed by atoms with Gasteiger partial charge in [0.1, 0.15) is 29.5 Å². The molecule has 3 aromatic heterocycles. The first-order valence-electron chi connectivity index (χ1n) is 9.26. The first kappa shape index (κ1) is 18.6. The number of nitrogens with zero attached hydrogens (tertiary/aromatic N) is 5. The minimum absolute atomic E-state index is 0.713. The summed E-state index contributed by atoms with van der Waals surface area (Å²) in [6.45, 7) is 3.96. The summed E-state index contributed by atoms with van der Waals surface area (Å²) in [6, 6.07) is 11.7. The van der Waals surface area contributed by atoms with Gasteiger partial charge in [-0.2, -0.15) is 0 Å². The van der Waals surface area contributed by atoms with Crippen molar-refractivity contribution in [3.05, 3.63) is 66.4 Å². The van der Waals surface area contributed by atoms with E-state index < -0.39 is 0 Å². The average molecular weight is 386 g/mol. The third-order valence-electron chi connectivity index (χ3n) is 4.52. The van der Waals surface area contributed by atoms with Gasteiger partial charge in [-0.3, -0.25) is 4.98 Å². The summed E-state index contributed by atoms with van der Waals surface area (Å²) in [5, 5.41) is 4.30. The van der Waals surface area contributed by atoms with Crippen LogP contribution in [-0.4, -0.2) is 34.0 Å². The molecule has 0 aliphatic rings. The molecule has 0 saturated carbocycles. The van der Waals surface area contributed by atoms with Crippen molar-refractivity contribution in [2.24, 2.45) is 0 Å². The standard InChI is InChI=1S/C22H22N6O/c1-14-9-16(6-8-20(14)29-17-7-5-15(2)23-11-17)27-22-18-10-21(28(3)4)24-12-19(18)25-13-26-22/h5-13H,1-4H3,(H,25,26,27). The molecule has 0 bridgehead atoms. The molecule has 0 aliphatic heterocycles. The maximum absolute atomic E-state index is 5.95. The summed E-state index contributed by atoms with van der Waals surface area (Å²) < 4.78 is 5.95. The van der Waals surface area contributed by atoms with Gasteiger partial charge in [-0.1, -0.05) is 0 Å². The number of anilines is 3. The maximum atomic E-state index is 5.95. The Kier molecular flexibility index (Phi) is 4.95. The van der Waals surface area contributed by atoms with Crippen LogP contribution in [0.15, 0.2) is 55.1 Å². The highest BCUT2D eigenvalue weighted by molar-refractivity contribution is 5.91. The Balaban J connectivity index is 1.60. The Bertz CT molecular complexity index is 1160. The van der Waals surface area contributed by atoms with Gasteiger partial charge in [0, 0.05) is 30.9 Å². The smallest absolute Gasteiger partial charge is 0.145 e. The van der Waals surface area contributed by atoms with Crippen LogP contribution in [-0.2, 0) is 0 Å². The molecule has 0 spiro atoms. The summed E-state index contributed by atoms with van der Waals surface area (Å²) in [4.78, 5) is 19.4. The molecule has 1 N–H and O–H groups in total. The van der Waals surface area contributed by atoms with Crippen LogP contribution in [0.2, 0.25) is 0 Å². The second-order valence-corrected chi connectivity index (χ2v) is 7.02. The van der Waals surface area contributed by atoms with Crippen LogP contribution in [0.25, 0.3) is 10.9 Å². The molecule has 0 radical (unpaired) electrons. The number of aromatic nitrogens is 4. The first-order chi connectivity index (χ1) is 14.0. The van der Waals surface area contributed by atoms with Crippen LogP contribution in [0.3, 0.4) is 0 Å². The van der Waals surface area contributed by atoms with Crippen LogP contribution in [0.4, 0.5) is 17.3 Å². The van der Waals surface area contributed by atoms with Crippen molar-refractivity contribution in [1.82, 2.24) is 19.9 Å². The summed E-state index contributed by atoms with van der Waals surface area (Å²) in [6.07, 6.45) is 5.02. The highest BCUT2D eigenvalue weighted by atomic mass is 16.5. The molecule has 0 unspecified atom stereocenters. The molecule has 0 saturated heterocycles. The number of ether oxygens (including phenoxy) is 1. The summed E-state index contributed by atoms with van der Waals surface area (Å²) in [5.41, 5.74) is 3.67. The molecule has 4 aromatic rings. The molecule has 0 atom stereocenters. The molecular weight excluding hydrogens is 364 g/mol. The number of hydrogen-bond acceptors (Lipinski definition) is 7. The second-order valence-electron chi connectivity index (χ2n) is 7.02. The fourth-order valence-electron chi connectivity index (χ4n) is 2.91. The predicted molar refractivity (Wildman–Crippen MR) is 115 cm³/mol. The number of pyridine rings is 2. The molecule has 4 rings (SSSR count). The molecule has 146 valence electrons. The lowest BCUT2D eigenvalue weighted by atomic mass is 10.2. The van der Waals surface area contributed by atoms with E-state index in [0.29, 0.717) is 5.75 Å². The zero-order valence-corrected chi connectivity index (χ0v) is 16.8. The fraction of sp³-hybridized carbons (Fsp3) is 0.182. The highest BCUT2D eigenvalue weighted by Gasteiger charge is 2.09. The number of nitrogens with one attached hydrogen (secondary N) is 1. The zero-order chi connectivity index (χ0) is 20.4. The van der Waals surface area contributed by atoms with E-state index in [1.54, 1.807) is 12.4 Å². The topological polar surface area (TPSA) is 76.1 Å². The van der Waals surface area contributed by atoms with Gasteiger partial charge in [0.25, 0.3) is 0 Å². The molecule has 29 heavy (non-hydrogen) atoms. The van der Waals surface area contributed by atoms with Gasteiger partial charge in [-0.05, 0) is 55.8 Å². The van der Waals surface area contributed by atoms with E-state index in [2.05, 4.69) is 25.3 Å². The minimum atomic E-state index is 0.713. The van der Waals surface area contributed by atoms with E-state index >= 15 is 0 Å². The number of rotatable bonds is 5. The van der Waals surface area contributed by atoms with E-state index in [1.165, 1.54) is 6.33 Å². The normalized spacial score (nSPS) is 10.8. The SMILES string of the molecule is Cc1ccc(Oc2ccc(Nc3ncnc4cnc(N(C)C)cc34)cc2C)cn1. The Morgan fingerprint density at radius 2 is 1.76 bits per heavy atom. The molecule has 0 aliphatic carbocycles. The molecule has 3 heterocycles. The van der Waals surface area contributed by atoms with Crippen molar-refractivity contribution in [2.45, 2.75) is 13.8 Å². The Morgan fingerprint density at radius 3 is 2.48 bits per heavy atom. The number of fused-ring (bicyclic) bond motifs is 1. The van der Waals surface area contributed by atoms with Crippen molar-refractivity contribution in [3.63, 3.8) is 0 Å². The van der Waals surface area contributed by atoms with Crippen molar-refractivity contribution >= 4 is 28.2 Å². The van der Waals surface area contributed by atoms with Gasteiger partial charge < -0.3 is 15.0 Å².